The van der Waals surface area contributed by atoms with E-state index in [9.17, 15) is 10.2 Å². The highest BCUT2D eigenvalue weighted by atomic mass is 16.5. The quantitative estimate of drug-likeness (QED) is 0.680. The van der Waals surface area contributed by atoms with Crippen LogP contribution in [0.4, 0.5) is 5.69 Å². The van der Waals surface area contributed by atoms with E-state index in [0.29, 0.717) is 25.3 Å². The molecular weight excluding hydrogens is 272 g/mol. The highest BCUT2D eigenvalue weighted by molar-refractivity contribution is 5.46. The lowest BCUT2D eigenvalue weighted by atomic mass is 10.2. The largest absolute Gasteiger partial charge is 0.396 e. The Morgan fingerprint density at radius 1 is 1.38 bits per heavy atom. The lowest BCUT2D eigenvalue weighted by molar-refractivity contribution is -0.102. The SMILES string of the molecule is Cc1nn(CC(O)CN2CC(C)OC(CO)C2)c(C)c1N. The summed E-state index contributed by atoms with van der Waals surface area (Å²) in [5.41, 5.74) is 8.26. The van der Waals surface area contributed by atoms with Gasteiger partial charge in [-0.1, -0.05) is 0 Å². The summed E-state index contributed by atoms with van der Waals surface area (Å²) in [6, 6.07) is 0. The van der Waals surface area contributed by atoms with Crippen LogP contribution in [-0.2, 0) is 11.3 Å². The van der Waals surface area contributed by atoms with Crippen molar-refractivity contribution in [1.82, 2.24) is 14.7 Å². The van der Waals surface area contributed by atoms with Gasteiger partial charge in [-0.2, -0.15) is 5.10 Å². The van der Waals surface area contributed by atoms with E-state index in [0.717, 1.165) is 17.9 Å². The molecule has 2 heterocycles. The monoisotopic (exact) mass is 298 g/mol. The van der Waals surface area contributed by atoms with Gasteiger partial charge in [0.05, 0.1) is 48.5 Å². The molecule has 1 aliphatic rings. The summed E-state index contributed by atoms with van der Waals surface area (Å²) in [5, 5.41) is 23.8. The van der Waals surface area contributed by atoms with Crippen molar-refractivity contribution < 1.29 is 14.9 Å². The molecule has 0 amide bonds. The first kappa shape index (κ1) is 16.2. The third kappa shape index (κ3) is 3.94. The smallest absolute Gasteiger partial charge is 0.0936 e. The summed E-state index contributed by atoms with van der Waals surface area (Å²) >= 11 is 0. The number of ether oxygens (including phenoxy) is 1. The molecule has 1 saturated heterocycles. The van der Waals surface area contributed by atoms with E-state index in [-0.39, 0.29) is 18.8 Å². The number of nitrogen functional groups attached to an aromatic ring is 1. The van der Waals surface area contributed by atoms with Gasteiger partial charge in [0.25, 0.3) is 0 Å². The number of morpholine rings is 1. The van der Waals surface area contributed by atoms with Crippen molar-refractivity contribution >= 4 is 5.69 Å². The van der Waals surface area contributed by atoms with Gasteiger partial charge in [0.15, 0.2) is 0 Å². The zero-order valence-corrected chi connectivity index (χ0v) is 13.0. The Hall–Kier alpha value is -1.15. The van der Waals surface area contributed by atoms with Gasteiger partial charge in [-0.3, -0.25) is 9.58 Å². The van der Waals surface area contributed by atoms with E-state index in [4.69, 9.17) is 10.5 Å². The van der Waals surface area contributed by atoms with Gasteiger partial charge in [0.1, 0.15) is 0 Å². The number of nitrogens with two attached hydrogens (primary N) is 1. The van der Waals surface area contributed by atoms with Crippen LogP contribution in [0.2, 0.25) is 0 Å². The minimum Gasteiger partial charge on any atom is -0.396 e. The normalized spacial score (nSPS) is 25.2. The number of rotatable bonds is 5. The molecule has 7 heteroatoms. The Kier molecular flexibility index (Phi) is 5.21. The number of aliphatic hydroxyl groups excluding tert-OH is 2. The van der Waals surface area contributed by atoms with Crippen molar-refractivity contribution in [3.05, 3.63) is 11.4 Å². The lowest BCUT2D eigenvalue weighted by Crippen LogP contribution is -2.50. The summed E-state index contributed by atoms with van der Waals surface area (Å²) in [5.74, 6) is 0. The third-order valence-corrected chi connectivity index (χ3v) is 3.90. The van der Waals surface area contributed by atoms with E-state index in [2.05, 4.69) is 10.00 Å². The number of nitrogens with zero attached hydrogens (tertiary/aromatic N) is 3. The number of aliphatic hydroxyl groups is 2. The molecule has 1 fully saturated rings. The molecule has 1 aromatic heterocycles. The number of aromatic nitrogens is 2. The van der Waals surface area contributed by atoms with Crippen LogP contribution in [0.1, 0.15) is 18.3 Å². The Balaban J connectivity index is 1.92. The fourth-order valence-electron chi connectivity index (χ4n) is 2.83. The second-order valence-corrected chi connectivity index (χ2v) is 5.89. The Labute approximate surface area is 125 Å². The molecule has 0 aliphatic carbocycles. The average molecular weight is 298 g/mol. The summed E-state index contributed by atoms with van der Waals surface area (Å²) in [4.78, 5) is 2.12. The first-order valence-corrected chi connectivity index (χ1v) is 7.37. The van der Waals surface area contributed by atoms with Gasteiger partial charge in [-0.15, -0.1) is 0 Å². The lowest BCUT2D eigenvalue weighted by Gasteiger charge is -2.37. The van der Waals surface area contributed by atoms with Crippen LogP contribution < -0.4 is 5.73 Å². The summed E-state index contributed by atoms with van der Waals surface area (Å²) in [6.45, 7) is 8.08. The van der Waals surface area contributed by atoms with Crippen LogP contribution >= 0.6 is 0 Å². The number of β-amino-alcohol motifs (C(OH)–C–C–N with tert-alkyl or cyclic N) is 1. The molecule has 4 N–H and O–H groups in total. The maximum Gasteiger partial charge on any atom is 0.0936 e. The maximum absolute atomic E-state index is 10.3. The van der Waals surface area contributed by atoms with E-state index >= 15 is 0 Å². The zero-order chi connectivity index (χ0) is 15.6. The van der Waals surface area contributed by atoms with Crippen LogP contribution in [0.5, 0.6) is 0 Å². The Morgan fingerprint density at radius 3 is 2.67 bits per heavy atom. The molecule has 0 saturated carbocycles. The topological polar surface area (TPSA) is 96.8 Å². The van der Waals surface area contributed by atoms with E-state index in [1.165, 1.54) is 0 Å². The van der Waals surface area contributed by atoms with Crippen molar-refractivity contribution in [2.75, 3.05) is 32.0 Å². The molecular formula is C14H26N4O3. The summed E-state index contributed by atoms with van der Waals surface area (Å²) in [7, 11) is 0. The van der Waals surface area contributed by atoms with Crippen LogP contribution in [0.25, 0.3) is 0 Å². The third-order valence-electron chi connectivity index (χ3n) is 3.90. The van der Waals surface area contributed by atoms with Gasteiger partial charge in [-0.25, -0.2) is 0 Å². The fourth-order valence-corrected chi connectivity index (χ4v) is 2.83. The average Bonchev–Trinajstić information content (AvgIpc) is 2.65. The number of hydrogen-bond donors (Lipinski definition) is 3. The summed E-state index contributed by atoms with van der Waals surface area (Å²) < 4.78 is 7.35. The van der Waals surface area contributed by atoms with Crippen LogP contribution in [0.15, 0.2) is 0 Å². The molecule has 3 unspecified atom stereocenters. The first-order valence-electron chi connectivity index (χ1n) is 7.37. The second-order valence-electron chi connectivity index (χ2n) is 5.89. The molecule has 0 bridgehead atoms. The first-order chi connectivity index (χ1) is 9.90. The molecule has 1 aliphatic heterocycles. The number of aryl methyl sites for hydroxylation is 1. The van der Waals surface area contributed by atoms with Gasteiger partial charge in [-0.05, 0) is 20.8 Å². The highest BCUT2D eigenvalue weighted by Crippen LogP contribution is 2.16. The Morgan fingerprint density at radius 2 is 2.10 bits per heavy atom. The fraction of sp³-hybridized carbons (Fsp3) is 0.786. The van der Waals surface area contributed by atoms with Crippen LogP contribution in [0.3, 0.4) is 0 Å². The minimum absolute atomic E-state index is 0.00489. The van der Waals surface area contributed by atoms with Crippen molar-refractivity contribution in [2.24, 2.45) is 0 Å². The van der Waals surface area contributed by atoms with Gasteiger partial charge >= 0.3 is 0 Å². The highest BCUT2D eigenvalue weighted by Gasteiger charge is 2.26. The molecule has 0 aromatic carbocycles. The minimum atomic E-state index is -0.535. The second kappa shape index (κ2) is 6.74. The van der Waals surface area contributed by atoms with Crippen molar-refractivity contribution in [2.45, 2.75) is 45.6 Å². The molecule has 0 spiro atoms. The molecule has 0 radical (unpaired) electrons. The maximum atomic E-state index is 10.3. The van der Waals surface area contributed by atoms with Gasteiger partial charge < -0.3 is 20.7 Å². The Bertz CT molecular complexity index is 477. The van der Waals surface area contributed by atoms with Crippen molar-refractivity contribution in [3.63, 3.8) is 0 Å². The molecule has 7 nitrogen and oxygen atoms in total. The number of hydrogen-bond acceptors (Lipinski definition) is 6. The van der Waals surface area contributed by atoms with Gasteiger partial charge in [0.2, 0.25) is 0 Å². The van der Waals surface area contributed by atoms with E-state index in [1.807, 2.05) is 20.8 Å². The molecule has 2 rings (SSSR count). The molecule has 3 atom stereocenters. The molecule has 120 valence electrons. The van der Waals surface area contributed by atoms with Crippen molar-refractivity contribution in [3.8, 4) is 0 Å². The van der Waals surface area contributed by atoms with E-state index in [1.54, 1.807) is 4.68 Å². The predicted molar refractivity (Wildman–Crippen MR) is 80.0 cm³/mol. The van der Waals surface area contributed by atoms with E-state index < -0.39 is 6.10 Å². The van der Waals surface area contributed by atoms with Crippen molar-refractivity contribution in [1.29, 1.82) is 0 Å². The van der Waals surface area contributed by atoms with Crippen LogP contribution in [0, 0.1) is 13.8 Å². The van der Waals surface area contributed by atoms with Crippen LogP contribution in [-0.4, -0.2) is 69.4 Å². The summed E-state index contributed by atoms with van der Waals surface area (Å²) in [6.07, 6.45) is -0.648. The predicted octanol–water partition coefficient (Wildman–Crippen LogP) is -0.475. The number of anilines is 1. The van der Waals surface area contributed by atoms with Gasteiger partial charge in [0, 0.05) is 19.6 Å². The molecule has 21 heavy (non-hydrogen) atoms. The zero-order valence-electron chi connectivity index (χ0n) is 13.0. The standard InChI is InChI=1S/C14H26N4O3/c1-9-4-17(7-13(8-19)21-9)5-12(20)6-18-11(3)14(15)10(2)16-18/h9,12-13,19-20H,4-8,15H2,1-3H3. The molecule has 1 aromatic rings.